The first kappa shape index (κ1) is 22.5. The van der Waals surface area contributed by atoms with Gasteiger partial charge in [0.1, 0.15) is 0 Å². The lowest BCUT2D eigenvalue weighted by molar-refractivity contribution is -0.121. The van der Waals surface area contributed by atoms with Crippen LogP contribution in [0.25, 0.3) is 0 Å². The van der Waals surface area contributed by atoms with Gasteiger partial charge in [0.2, 0.25) is 15.9 Å². The van der Waals surface area contributed by atoms with Crippen LogP contribution in [0.3, 0.4) is 0 Å². The molecule has 0 saturated carbocycles. The van der Waals surface area contributed by atoms with Crippen molar-refractivity contribution in [3.8, 4) is 0 Å². The van der Waals surface area contributed by atoms with Crippen molar-refractivity contribution in [2.75, 3.05) is 26.2 Å². The first-order chi connectivity index (χ1) is 13.1. The summed E-state index contributed by atoms with van der Waals surface area (Å²) >= 11 is 0. The van der Waals surface area contributed by atoms with Gasteiger partial charge < -0.3 is 5.32 Å². The average Bonchev–Trinajstić information content (AvgIpc) is 2.67. The highest BCUT2D eigenvalue weighted by molar-refractivity contribution is 7.89. The summed E-state index contributed by atoms with van der Waals surface area (Å²) in [4.78, 5) is 25.9. The van der Waals surface area contributed by atoms with Crippen LogP contribution in [0, 0.1) is 0 Å². The normalized spacial score (nSPS) is 16.0. The molecule has 156 valence electrons. The van der Waals surface area contributed by atoms with Crippen LogP contribution in [0.4, 0.5) is 0 Å². The van der Waals surface area contributed by atoms with Crippen LogP contribution in [-0.2, 0) is 14.8 Å². The fraction of sp³-hybridized carbons (Fsp3) is 0.600. The lowest BCUT2D eigenvalue weighted by atomic mass is 9.98. The van der Waals surface area contributed by atoms with E-state index in [0.717, 1.165) is 13.1 Å². The zero-order chi connectivity index (χ0) is 20.8. The number of benzene rings is 1. The molecule has 1 amide bonds. The van der Waals surface area contributed by atoms with E-state index in [-0.39, 0.29) is 35.1 Å². The summed E-state index contributed by atoms with van der Waals surface area (Å²) < 4.78 is 27.0. The van der Waals surface area contributed by atoms with Crippen LogP contribution in [0.2, 0.25) is 0 Å². The Hall–Kier alpha value is -1.77. The number of ketones is 1. The molecule has 1 saturated heterocycles. The molecular weight excluding hydrogens is 378 g/mol. The number of nitrogens with one attached hydrogen (secondary N) is 2. The molecule has 7 nitrogen and oxygen atoms in total. The maximum Gasteiger partial charge on any atom is 0.240 e. The zero-order valence-corrected chi connectivity index (χ0v) is 17.8. The van der Waals surface area contributed by atoms with Crippen LogP contribution < -0.4 is 10.0 Å². The predicted molar refractivity (Wildman–Crippen MR) is 109 cm³/mol. The van der Waals surface area contributed by atoms with Crippen molar-refractivity contribution in [2.45, 2.75) is 56.9 Å². The predicted octanol–water partition coefficient (Wildman–Crippen LogP) is 1.94. The number of piperidine rings is 1. The van der Waals surface area contributed by atoms with Gasteiger partial charge in [-0.05, 0) is 58.8 Å². The number of hydrogen-bond donors (Lipinski definition) is 2. The van der Waals surface area contributed by atoms with Gasteiger partial charge in [0, 0.05) is 30.6 Å². The maximum absolute atomic E-state index is 12.3. The summed E-state index contributed by atoms with van der Waals surface area (Å²) in [6.07, 6.45) is 3.70. The van der Waals surface area contributed by atoms with E-state index in [0.29, 0.717) is 12.1 Å². The third-order valence-corrected chi connectivity index (χ3v) is 6.62. The van der Waals surface area contributed by atoms with Crippen molar-refractivity contribution in [3.63, 3.8) is 0 Å². The van der Waals surface area contributed by atoms with E-state index < -0.39 is 10.0 Å². The second-order valence-corrected chi connectivity index (χ2v) is 9.63. The maximum atomic E-state index is 12.3. The number of amides is 1. The molecule has 1 aliphatic rings. The molecule has 1 aromatic rings. The molecule has 1 heterocycles. The van der Waals surface area contributed by atoms with Gasteiger partial charge in [0.25, 0.3) is 0 Å². The molecule has 1 fully saturated rings. The number of sulfonamides is 1. The molecule has 0 bridgehead atoms. The second kappa shape index (κ2) is 9.62. The molecule has 2 N–H and O–H groups in total. The summed E-state index contributed by atoms with van der Waals surface area (Å²) in [6, 6.07) is 5.74. The average molecular weight is 410 g/mol. The van der Waals surface area contributed by atoms with E-state index >= 15 is 0 Å². The number of hydrogen-bond acceptors (Lipinski definition) is 5. The number of carbonyl (C=O) groups is 2. The Labute approximate surface area is 167 Å². The summed E-state index contributed by atoms with van der Waals surface area (Å²) in [7, 11) is -3.71. The third kappa shape index (κ3) is 6.39. The standard InChI is InChI=1S/C20H31N3O4S/c1-16(24)17-7-9-18(10-8-17)28(26,27)22-12-11-19(25)21-15-20(2,3)23-13-5-4-6-14-23/h7-10,22H,4-6,11-15H2,1-3H3,(H,21,25). The van der Waals surface area contributed by atoms with E-state index in [2.05, 4.69) is 28.8 Å². The zero-order valence-electron chi connectivity index (χ0n) is 17.0. The van der Waals surface area contributed by atoms with Crippen molar-refractivity contribution < 1.29 is 18.0 Å². The summed E-state index contributed by atoms with van der Waals surface area (Å²) in [6.45, 7) is 8.30. The molecule has 0 aromatic heterocycles. The molecule has 2 rings (SSSR count). The van der Waals surface area contributed by atoms with Crippen molar-refractivity contribution >= 4 is 21.7 Å². The Morgan fingerprint density at radius 1 is 1.07 bits per heavy atom. The number of nitrogens with zero attached hydrogens (tertiary/aromatic N) is 1. The van der Waals surface area contributed by atoms with Crippen LogP contribution >= 0.6 is 0 Å². The number of rotatable bonds is 9. The minimum atomic E-state index is -3.71. The van der Waals surface area contributed by atoms with Gasteiger partial charge >= 0.3 is 0 Å². The van der Waals surface area contributed by atoms with Crippen LogP contribution in [0.15, 0.2) is 29.2 Å². The molecule has 1 aliphatic heterocycles. The van der Waals surface area contributed by atoms with Gasteiger partial charge in [-0.15, -0.1) is 0 Å². The smallest absolute Gasteiger partial charge is 0.240 e. The molecule has 0 radical (unpaired) electrons. The number of Topliss-reactive ketones (excluding diaryl/α,β-unsaturated/α-hetero) is 1. The molecule has 8 heteroatoms. The number of likely N-dealkylation sites (tertiary alicyclic amines) is 1. The fourth-order valence-corrected chi connectivity index (χ4v) is 4.30. The van der Waals surface area contributed by atoms with E-state index in [4.69, 9.17) is 0 Å². The highest BCUT2D eigenvalue weighted by Gasteiger charge is 2.28. The van der Waals surface area contributed by atoms with Crippen molar-refractivity contribution in [1.29, 1.82) is 0 Å². The molecular formula is C20H31N3O4S. The summed E-state index contributed by atoms with van der Waals surface area (Å²) in [5.41, 5.74) is 0.336. The minimum absolute atomic E-state index is 0.0206. The second-order valence-electron chi connectivity index (χ2n) is 7.87. The quantitative estimate of drug-likeness (QED) is 0.608. The molecule has 1 aromatic carbocycles. The molecule has 28 heavy (non-hydrogen) atoms. The van der Waals surface area contributed by atoms with Gasteiger partial charge in [0.15, 0.2) is 5.78 Å². The van der Waals surface area contributed by atoms with E-state index in [1.54, 1.807) is 0 Å². The first-order valence-electron chi connectivity index (χ1n) is 9.74. The molecule has 0 aliphatic carbocycles. The Morgan fingerprint density at radius 2 is 1.68 bits per heavy atom. The van der Waals surface area contributed by atoms with E-state index in [9.17, 15) is 18.0 Å². The van der Waals surface area contributed by atoms with Gasteiger partial charge in [-0.3, -0.25) is 14.5 Å². The number of carbonyl (C=O) groups excluding carboxylic acids is 2. The van der Waals surface area contributed by atoms with E-state index in [1.807, 2.05) is 0 Å². The van der Waals surface area contributed by atoms with Gasteiger partial charge in [-0.25, -0.2) is 13.1 Å². The fourth-order valence-electron chi connectivity index (χ4n) is 3.27. The van der Waals surface area contributed by atoms with Crippen molar-refractivity contribution in [1.82, 2.24) is 14.9 Å². The Bertz CT molecular complexity index is 782. The Morgan fingerprint density at radius 3 is 2.25 bits per heavy atom. The highest BCUT2D eigenvalue weighted by atomic mass is 32.2. The molecule has 0 atom stereocenters. The van der Waals surface area contributed by atoms with Gasteiger partial charge in [-0.1, -0.05) is 18.6 Å². The van der Waals surface area contributed by atoms with Crippen LogP contribution in [-0.4, -0.2) is 56.7 Å². The Balaban J connectivity index is 1.78. The minimum Gasteiger partial charge on any atom is -0.354 e. The Kier molecular flexibility index (Phi) is 7.74. The monoisotopic (exact) mass is 409 g/mol. The topological polar surface area (TPSA) is 95.6 Å². The van der Waals surface area contributed by atoms with Gasteiger partial charge in [-0.2, -0.15) is 0 Å². The lowest BCUT2D eigenvalue weighted by Crippen LogP contribution is -2.53. The summed E-state index contributed by atoms with van der Waals surface area (Å²) in [5, 5.41) is 2.91. The largest absolute Gasteiger partial charge is 0.354 e. The van der Waals surface area contributed by atoms with Crippen molar-refractivity contribution in [3.05, 3.63) is 29.8 Å². The van der Waals surface area contributed by atoms with Crippen LogP contribution in [0.5, 0.6) is 0 Å². The lowest BCUT2D eigenvalue weighted by Gasteiger charge is -2.41. The van der Waals surface area contributed by atoms with Crippen LogP contribution in [0.1, 0.15) is 56.8 Å². The van der Waals surface area contributed by atoms with E-state index in [1.165, 1.54) is 50.5 Å². The highest BCUT2D eigenvalue weighted by Crippen LogP contribution is 2.19. The molecule has 0 unspecified atom stereocenters. The summed E-state index contributed by atoms with van der Waals surface area (Å²) in [5.74, 6) is -0.305. The molecule has 0 spiro atoms. The third-order valence-electron chi connectivity index (χ3n) is 5.15. The first-order valence-corrected chi connectivity index (χ1v) is 11.2. The SMILES string of the molecule is CC(=O)c1ccc(S(=O)(=O)NCCC(=O)NCC(C)(C)N2CCCCC2)cc1. The van der Waals surface area contributed by atoms with Crippen molar-refractivity contribution in [2.24, 2.45) is 0 Å². The van der Waals surface area contributed by atoms with Gasteiger partial charge in [0.05, 0.1) is 4.90 Å².